The summed E-state index contributed by atoms with van der Waals surface area (Å²) in [6.07, 6.45) is 0.722. The van der Waals surface area contributed by atoms with Crippen molar-refractivity contribution >= 4 is 17.3 Å². The smallest absolute Gasteiger partial charge is 0.169 e. The molecule has 21 heavy (non-hydrogen) atoms. The molecule has 1 aromatic heterocycles. The summed E-state index contributed by atoms with van der Waals surface area (Å²) in [5.74, 6) is -3.86. The van der Waals surface area contributed by atoms with Gasteiger partial charge in [0.25, 0.3) is 0 Å². The van der Waals surface area contributed by atoms with Gasteiger partial charge in [-0.2, -0.15) is 0 Å². The van der Waals surface area contributed by atoms with Crippen LogP contribution >= 0.6 is 0 Å². The molecule has 112 valence electrons. The molecule has 0 bridgehead atoms. The normalized spacial score (nSPS) is 10.5. The van der Waals surface area contributed by atoms with Gasteiger partial charge in [0.15, 0.2) is 23.3 Å². The summed E-state index contributed by atoms with van der Waals surface area (Å²) in [5.41, 5.74) is -0.283. The van der Waals surface area contributed by atoms with Gasteiger partial charge in [0.05, 0.1) is 5.69 Å². The van der Waals surface area contributed by atoms with Crippen molar-refractivity contribution in [3.63, 3.8) is 0 Å². The lowest BCUT2D eigenvalue weighted by Gasteiger charge is -2.11. The van der Waals surface area contributed by atoms with Crippen LogP contribution in [0.4, 0.5) is 34.9 Å². The van der Waals surface area contributed by atoms with Gasteiger partial charge in [-0.1, -0.05) is 6.92 Å². The first-order valence-corrected chi connectivity index (χ1v) is 6.33. The lowest BCUT2D eigenvalue weighted by Crippen LogP contribution is -2.08. The van der Waals surface area contributed by atoms with Gasteiger partial charge in [-0.3, -0.25) is 0 Å². The molecule has 7 heteroatoms. The van der Waals surface area contributed by atoms with Crippen molar-refractivity contribution in [3.8, 4) is 0 Å². The van der Waals surface area contributed by atoms with Crippen molar-refractivity contribution in [2.45, 2.75) is 13.3 Å². The third-order valence-corrected chi connectivity index (χ3v) is 2.65. The molecule has 0 atom stereocenters. The first kappa shape index (κ1) is 15.1. The molecule has 2 aromatic rings. The van der Waals surface area contributed by atoms with Crippen molar-refractivity contribution in [2.75, 3.05) is 17.2 Å². The molecule has 0 aliphatic carbocycles. The molecule has 1 heterocycles. The summed E-state index contributed by atoms with van der Waals surface area (Å²) in [6, 6.07) is 3.32. The van der Waals surface area contributed by atoms with Gasteiger partial charge in [-0.25, -0.2) is 22.5 Å². The van der Waals surface area contributed by atoms with E-state index in [2.05, 4.69) is 15.6 Å². The van der Waals surface area contributed by atoms with E-state index in [1.54, 1.807) is 0 Å². The Morgan fingerprint density at radius 2 is 1.67 bits per heavy atom. The zero-order valence-corrected chi connectivity index (χ0v) is 11.2. The summed E-state index contributed by atoms with van der Waals surface area (Å²) >= 11 is 0. The number of pyridine rings is 1. The monoisotopic (exact) mass is 299 g/mol. The number of rotatable bonds is 5. The SMILES string of the molecule is CCCNc1nc(Nc2cc(F)ccc2F)c(F)cc1F. The third-order valence-electron chi connectivity index (χ3n) is 2.65. The largest absolute Gasteiger partial charge is 0.368 e. The zero-order chi connectivity index (χ0) is 15.4. The molecule has 0 spiro atoms. The second-order valence-corrected chi connectivity index (χ2v) is 4.33. The molecule has 0 aliphatic heterocycles. The summed E-state index contributed by atoms with van der Waals surface area (Å²) in [7, 11) is 0. The molecular weight excluding hydrogens is 286 g/mol. The Morgan fingerprint density at radius 3 is 2.38 bits per heavy atom. The van der Waals surface area contributed by atoms with Gasteiger partial charge in [-0.05, 0) is 18.6 Å². The summed E-state index contributed by atoms with van der Waals surface area (Å²) in [5, 5.41) is 5.00. The van der Waals surface area contributed by atoms with Crippen LogP contribution in [-0.2, 0) is 0 Å². The predicted octanol–water partition coefficient (Wildman–Crippen LogP) is 4.20. The fraction of sp³-hybridized carbons (Fsp3) is 0.214. The van der Waals surface area contributed by atoms with Crippen molar-refractivity contribution < 1.29 is 17.6 Å². The van der Waals surface area contributed by atoms with Gasteiger partial charge in [0.1, 0.15) is 11.6 Å². The molecule has 2 N–H and O–H groups in total. The Kier molecular flexibility index (Phi) is 4.62. The standard InChI is InChI=1S/C14H13F4N3/c1-2-5-19-13-10(17)7-11(18)14(21-13)20-12-6-8(15)3-4-9(12)16/h3-4,6-7H,2,5H2,1H3,(H2,19,20,21). The summed E-state index contributed by atoms with van der Waals surface area (Å²) < 4.78 is 53.7. The second-order valence-electron chi connectivity index (χ2n) is 4.33. The van der Waals surface area contributed by atoms with Crippen LogP contribution in [0.3, 0.4) is 0 Å². The van der Waals surface area contributed by atoms with Crippen molar-refractivity contribution in [1.29, 1.82) is 0 Å². The van der Waals surface area contributed by atoms with E-state index in [9.17, 15) is 17.6 Å². The third kappa shape index (κ3) is 3.62. The molecule has 1 aromatic carbocycles. The summed E-state index contributed by atoms with van der Waals surface area (Å²) in [4.78, 5) is 3.71. The van der Waals surface area contributed by atoms with E-state index in [0.717, 1.165) is 24.6 Å². The first-order chi connectivity index (χ1) is 10.0. The molecular formula is C14H13F4N3. The van der Waals surface area contributed by atoms with Crippen LogP contribution in [0.25, 0.3) is 0 Å². The Bertz CT molecular complexity index is 646. The molecule has 3 nitrogen and oxygen atoms in total. The molecule has 2 rings (SSSR count). The van der Waals surface area contributed by atoms with Crippen LogP contribution in [0.15, 0.2) is 24.3 Å². The zero-order valence-electron chi connectivity index (χ0n) is 11.2. The number of anilines is 3. The van der Waals surface area contributed by atoms with Gasteiger partial charge in [-0.15, -0.1) is 0 Å². The number of halogens is 4. The summed E-state index contributed by atoms with van der Waals surface area (Å²) in [6.45, 7) is 2.32. The fourth-order valence-corrected chi connectivity index (χ4v) is 1.64. The quantitative estimate of drug-likeness (QED) is 0.812. The maximum atomic E-state index is 13.7. The van der Waals surface area contributed by atoms with Crippen LogP contribution < -0.4 is 10.6 Å². The highest BCUT2D eigenvalue weighted by atomic mass is 19.1. The van der Waals surface area contributed by atoms with Crippen LogP contribution in [0, 0.1) is 23.3 Å². The average Bonchev–Trinajstić information content (AvgIpc) is 2.44. The topological polar surface area (TPSA) is 37.0 Å². The van der Waals surface area contributed by atoms with Gasteiger partial charge < -0.3 is 10.6 Å². The second kappa shape index (κ2) is 6.43. The number of benzene rings is 1. The lowest BCUT2D eigenvalue weighted by atomic mass is 10.3. The minimum atomic E-state index is -1.00. The number of hydrogen-bond donors (Lipinski definition) is 2. The van der Waals surface area contributed by atoms with E-state index in [4.69, 9.17) is 0 Å². The van der Waals surface area contributed by atoms with Gasteiger partial charge >= 0.3 is 0 Å². The highest BCUT2D eigenvalue weighted by Crippen LogP contribution is 2.24. The number of nitrogens with one attached hydrogen (secondary N) is 2. The maximum Gasteiger partial charge on any atom is 0.169 e. The van der Waals surface area contributed by atoms with E-state index in [1.807, 2.05) is 6.92 Å². The molecule has 0 saturated heterocycles. The highest BCUT2D eigenvalue weighted by Gasteiger charge is 2.13. The minimum absolute atomic E-state index is 0.155. The molecule has 0 saturated carbocycles. The fourth-order valence-electron chi connectivity index (χ4n) is 1.64. The Labute approximate surface area is 119 Å². The molecule has 0 radical (unpaired) electrons. The van der Waals surface area contributed by atoms with E-state index in [0.29, 0.717) is 12.6 Å². The van der Waals surface area contributed by atoms with Crippen LogP contribution in [0.5, 0.6) is 0 Å². The van der Waals surface area contributed by atoms with Gasteiger partial charge in [0, 0.05) is 18.7 Å². The Morgan fingerprint density at radius 1 is 0.952 bits per heavy atom. The Balaban J connectivity index is 2.32. The molecule has 0 fully saturated rings. The van der Waals surface area contributed by atoms with E-state index in [-0.39, 0.29) is 17.3 Å². The van der Waals surface area contributed by atoms with Crippen LogP contribution in [-0.4, -0.2) is 11.5 Å². The van der Waals surface area contributed by atoms with Crippen molar-refractivity contribution in [1.82, 2.24) is 4.98 Å². The van der Waals surface area contributed by atoms with Crippen LogP contribution in [0.2, 0.25) is 0 Å². The van der Waals surface area contributed by atoms with E-state index >= 15 is 0 Å². The Hall–Kier alpha value is -2.31. The first-order valence-electron chi connectivity index (χ1n) is 6.33. The van der Waals surface area contributed by atoms with E-state index in [1.165, 1.54) is 0 Å². The van der Waals surface area contributed by atoms with Gasteiger partial charge in [0.2, 0.25) is 0 Å². The lowest BCUT2D eigenvalue weighted by molar-refractivity contribution is 0.578. The molecule has 0 aliphatic rings. The van der Waals surface area contributed by atoms with E-state index < -0.39 is 23.3 Å². The van der Waals surface area contributed by atoms with Crippen LogP contribution in [0.1, 0.15) is 13.3 Å². The number of aromatic nitrogens is 1. The number of nitrogens with zero attached hydrogens (tertiary/aromatic N) is 1. The molecule has 0 amide bonds. The van der Waals surface area contributed by atoms with Crippen molar-refractivity contribution in [2.24, 2.45) is 0 Å². The maximum absolute atomic E-state index is 13.7. The van der Waals surface area contributed by atoms with Crippen molar-refractivity contribution in [3.05, 3.63) is 47.5 Å². The average molecular weight is 299 g/mol. The highest BCUT2D eigenvalue weighted by molar-refractivity contribution is 5.59. The molecule has 0 unspecified atom stereocenters. The predicted molar refractivity (Wildman–Crippen MR) is 72.6 cm³/mol. The minimum Gasteiger partial charge on any atom is -0.368 e. The number of hydrogen-bond acceptors (Lipinski definition) is 3.